The van der Waals surface area contributed by atoms with Crippen LogP contribution in [-0.4, -0.2) is 33.3 Å². The van der Waals surface area contributed by atoms with Gasteiger partial charge in [0.1, 0.15) is 11.9 Å². The van der Waals surface area contributed by atoms with Crippen molar-refractivity contribution in [3.63, 3.8) is 0 Å². The first kappa shape index (κ1) is 23.4. The molecule has 0 aliphatic carbocycles. The summed E-state index contributed by atoms with van der Waals surface area (Å²) in [4.78, 5) is 27.2. The number of hydrogen-bond acceptors (Lipinski definition) is 4. The third-order valence-electron chi connectivity index (χ3n) is 4.83. The molecule has 6 nitrogen and oxygen atoms in total. The minimum atomic E-state index is -3.89. The predicted molar refractivity (Wildman–Crippen MR) is 121 cm³/mol. The molecule has 0 aliphatic heterocycles. The van der Waals surface area contributed by atoms with Crippen molar-refractivity contribution in [1.82, 2.24) is 5.32 Å². The number of rotatable bonds is 7. The lowest BCUT2D eigenvalue weighted by Crippen LogP contribution is -2.48. The van der Waals surface area contributed by atoms with E-state index < -0.39 is 32.7 Å². The Labute approximate surface area is 190 Å². The molecule has 0 aliphatic rings. The number of anilines is 1. The Bertz CT molecular complexity index is 1200. The van der Waals surface area contributed by atoms with Gasteiger partial charge in [-0.1, -0.05) is 30.3 Å². The third-order valence-corrected chi connectivity index (χ3v) is 6.20. The van der Waals surface area contributed by atoms with E-state index in [0.717, 1.165) is 5.56 Å². The minimum absolute atomic E-state index is 0.0887. The molecule has 0 saturated carbocycles. The van der Waals surface area contributed by atoms with Crippen LogP contribution in [0.5, 0.6) is 0 Å². The van der Waals surface area contributed by atoms with E-state index in [2.05, 4.69) is 5.32 Å². The van der Waals surface area contributed by atoms with Gasteiger partial charge in [-0.3, -0.25) is 9.59 Å². The fourth-order valence-electron chi connectivity index (χ4n) is 3.09. The molecule has 1 atom stereocenters. The van der Waals surface area contributed by atoms with Crippen LogP contribution in [-0.2, 0) is 20.3 Å². The molecular weight excluding hydrogens is 455 g/mol. The molecule has 3 rings (SSSR count). The number of amides is 2. The summed E-state index contributed by atoms with van der Waals surface area (Å²) in [5.41, 5.74) is 1.48. The van der Waals surface area contributed by atoms with Gasteiger partial charge in [0.2, 0.25) is 5.91 Å². The Morgan fingerprint density at radius 2 is 1.56 bits per heavy atom. The van der Waals surface area contributed by atoms with Gasteiger partial charge < -0.3 is 10.2 Å². The predicted octanol–water partition coefficient (Wildman–Crippen LogP) is 3.76. The number of benzene rings is 3. The van der Waals surface area contributed by atoms with Gasteiger partial charge in [0.25, 0.3) is 15.0 Å². The molecule has 32 heavy (non-hydrogen) atoms. The highest BCUT2D eigenvalue weighted by Crippen LogP contribution is 2.21. The van der Waals surface area contributed by atoms with Gasteiger partial charge in [-0.15, -0.1) is 0 Å². The molecule has 0 aromatic heterocycles. The maximum absolute atomic E-state index is 13.3. The molecule has 166 valence electrons. The summed E-state index contributed by atoms with van der Waals surface area (Å²) in [5.74, 6) is -1.40. The standard InChI is InChI=1S/C23H20ClFN2O4S/c1-27(19-11-13-20(14-12-19)32(24,30)31)23(29)21(15-16-5-3-2-4-6-16)26-22(28)17-7-9-18(25)10-8-17/h2-14,21H,15H2,1H3,(H,26,28). The molecular formula is C23H20ClFN2O4S. The summed E-state index contributed by atoms with van der Waals surface area (Å²) in [5, 5.41) is 2.72. The number of halogens is 2. The highest BCUT2D eigenvalue weighted by atomic mass is 35.7. The number of nitrogens with one attached hydrogen (secondary N) is 1. The molecule has 0 heterocycles. The normalized spacial score (nSPS) is 12.1. The third kappa shape index (κ3) is 5.93. The van der Waals surface area contributed by atoms with E-state index in [0.29, 0.717) is 5.69 Å². The van der Waals surface area contributed by atoms with Crippen LogP contribution in [0.3, 0.4) is 0 Å². The van der Waals surface area contributed by atoms with Crippen LogP contribution < -0.4 is 10.2 Å². The fraction of sp³-hybridized carbons (Fsp3) is 0.130. The Kier molecular flexibility index (Phi) is 7.27. The molecule has 1 N–H and O–H groups in total. The smallest absolute Gasteiger partial charge is 0.261 e. The second kappa shape index (κ2) is 9.93. The summed E-state index contributed by atoms with van der Waals surface area (Å²) >= 11 is 0. The van der Waals surface area contributed by atoms with E-state index >= 15 is 0 Å². The van der Waals surface area contributed by atoms with Gasteiger partial charge in [0, 0.05) is 35.4 Å². The van der Waals surface area contributed by atoms with Crippen LogP contribution in [0.15, 0.2) is 83.8 Å². The van der Waals surface area contributed by atoms with Gasteiger partial charge in [-0.05, 0) is 54.1 Å². The van der Waals surface area contributed by atoms with Crippen molar-refractivity contribution in [2.24, 2.45) is 0 Å². The van der Waals surface area contributed by atoms with Crippen LogP contribution in [0.1, 0.15) is 15.9 Å². The summed E-state index contributed by atoms with van der Waals surface area (Å²) in [6.07, 6.45) is 0.227. The van der Waals surface area contributed by atoms with Crippen LogP contribution in [0.4, 0.5) is 10.1 Å². The van der Waals surface area contributed by atoms with Gasteiger partial charge in [0.05, 0.1) is 4.90 Å². The molecule has 2 amide bonds. The molecule has 3 aromatic carbocycles. The summed E-state index contributed by atoms with van der Waals surface area (Å²) in [7, 11) is 2.98. The maximum Gasteiger partial charge on any atom is 0.261 e. The Balaban J connectivity index is 1.85. The molecule has 0 spiro atoms. The van der Waals surface area contributed by atoms with E-state index in [1.807, 2.05) is 30.3 Å². The number of hydrogen-bond donors (Lipinski definition) is 1. The van der Waals surface area contributed by atoms with Crippen LogP contribution >= 0.6 is 10.7 Å². The molecule has 0 radical (unpaired) electrons. The van der Waals surface area contributed by atoms with Crippen molar-refractivity contribution in [2.45, 2.75) is 17.4 Å². The number of carbonyl (C=O) groups excluding carboxylic acids is 2. The van der Waals surface area contributed by atoms with Gasteiger partial charge in [-0.25, -0.2) is 12.8 Å². The second-order valence-electron chi connectivity index (χ2n) is 7.05. The van der Waals surface area contributed by atoms with E-state index in [1.54, 1.807) is 0 Å². The van der Waals surface area contributed by atoms with Crippen molar-refractivity contribution in [3.8, 4) is 0 Å². The van der Waals surface area contributed by atoms with E-state index in [4.69, 9.17) is 10.7 Å². The zero-order valence-electron chi connectivity index (χ0n) is 17.0. The topological polar surface area (TPSA) is 83.6 Å². The van der Waals surface area contributed by atoms with Crippen LogP contribution in [0.2, 0.25) is 0 Å². The SMILES string of the molecule is CN(C(=O)C(Cc1ccccc1)NC(=O)c1ccc(F)cc1)c1ccc(S(=O)(=O)Cl)cc1. The number of carbonyl (C=O) groups is 2. The second-order valence-corrected chi connectivity index (χ2v) is 9.62. The van der Waals surface area contributed by atoms with E-state index in [9.17, 15) is 22.4 Å². The number of likely N-dealkylation sites (N-methyl/N-ethyl adjacent to an activating group) is 1. The van der Waals surface area contributed by atoms with E-state index in [1.165, 1.54) is 60.5 Å². The number of nitrogens with zero attached hydrogens (tertiary/aromatic N) is 1. The van der Waals surface area contributed by atoms with Crippen molar-refractivity contribution in [1.29, 1.82) is 0 Å². The quantitative estimate of drug-likeness (QED) is 0.528. The van der Waals surface area contributed by atoms with Crippen molar-refractivity contribution in [3.05, 3.63) is 95.8 Å². The Morgan fingerprint density at radius 3 is 2.12 bits per heavy atom. The summed E-state index contributed by atoms with van der Waals surface area (Å²) in [6, 6.07) is 18.8. The van der Waals surface area contributed by atoms with E-state index in [-0.39, 0.29) is 16.9 Å². The highest BCUT2D eigenvalue weighted by Gasteiger charge is 2.26. The lowest BCUT2D eigenvalue weighted by Gasteiger charge is -2.25. The minimum Gasteiger partial charge on any atom is -0.340 e. The molecule has 1 unspecified atom stereocenters. The lowest BCUT2D eigenvalue weighted by molar-refractivity contribution is -0.120. The largest absolute Gasteiger partial charge is 0.340 e. The average Bonchev–Trinajstić information content (AvgIpc) is 2.78. The Hall–Kier alpha value is -3.23. The molecule has 0 saturated heterocycles. The van der Waals surface area contributed by atoms with Crippen molar-refractivity contribution in [2.75, 3.05) is 11.9 Å². The summed E-state index contributed by atoms with van der Waals surface area (Å²) in [6.45, 7) is 0. The molecule has 9 heteroatoms. The molecule has 3 aromatic rings. The average molecular weight is 475 g/mol. The van der Waals surface area contributed by atoms with Crippen molar-refractivity contribution < 1.29 is 22.4 Å². The first-order valence-electron chi connectivity index (χ1n) is 9.58. The van der Waals surface area contributed by atoms with Crippen LogP contribution in [0.25, 0.3) is 0 Å². The fourth-order valence-corrected chi connectivity index (χ4v) is 3.86. The summed E-state index contributed by atoms with van der Waals surface area (Å²) < 4.78 is 36.1. The first-order valence-corrected chi connectivity index (χ1v) is 11.9. The van der Waals surface area contributed by atoms with Crippen LogP contribution in [0, 0.1) is 5.82 Å². The zero-order valence-corrected chi connectivity index (χ0v) is 18.6. The maximum atomic E-state index is 13.3. The Morgan fingerprint density at radius 1 is 0.969 bits per heavy atom. The highest BCUT2D eigenvalue weighted by molar-refractivity contribution is 8.13. The van der Waals surface area contributed by atoms with Gasteiger partial charge in [0.15, 0.2) is 0 Å². The van der Waals surface area contributed by atoms with Crippen molar-refractivity contribution >= 4 is 37.2 Å². The molecule has 0 bridgehead atoms. The zero-order chi connectivity index (χ0) is 23.3. The lowest BCUT2D eigenvalue weighted by atomic mass is 10.0. The van der Waals surface area contributed by atoms with Gasteiger partial charge in [-0.2, -0.15) is 0 Å². The first-order chi connectivity index (χ1) is 15.1. The van der Waals surface area contributed by atoms with Gasteiger partial charge >= 0.3 is 0 Å². The molecule has 0 fully saturated rings. The monoisotopic (exact) mass is 474 g/mol.